The summed E-state index contributed by atoms with van der Waals surface area (Å²) in [7, 11) is 0. The van der Waals surface area contributed by atoms with Crippen LogP contribution >= 0.6 is 0 Å². The fraction of sp³-hybridized carbons (Fsp3) is 0.386. The lowest BCUT2D eigenvalue weighted by Gasteiger charge is -2.31. The van der Waals surface area contributed by atoms with Crippen LogP contribution in [0.2, 0.25) is 0 Å². The molecule has 0 spiro atoms. The molecular weight excluding hydrogens is 809 g/mol. The second-order valence-electron chi connectivity index (χ2n) is 15.9. The summed E-state index contributed by atoms with van der Waals surface area (Å²) < 4.78 is 37.7. The third kappa shape index (κ3) is 8.65. The molecule has 2 aromatic heterocycles. The zero-order valence-corrected chi connectivity index (χ0v) is 34.2. The number of halogens is 2. The van der Waals surface area contributed by atoms with Gasteiger partial charge in [0.05, 0.1) is 11.3 Å². The number of alkyl halides is 2. The Kier molecular flexibility index (Phi) is 12.5. The third-order valence-corrected chi connectivity index (χ3v) is 11.5. The van der Waals surface area contributed by atoms with E-state index in [2.05, 4.69) is 20.5 Å². The number of aliphatic hydroxyl groups excluding tert-OH is 2. The summed E-state index contributed by atoms with van der Waals surface area (Å²) >= 11 is 0. The number of benzene rings is 3. The van der Waals surface area contributed by atoms with Crippen molar-refractivity contribution in [3.8, 4) is 40.1 Å². The summed E-state index contributed by atoms with van der Waals surface area (Å²) in [5, 5.41) is 51.6. The highest BCUT2D eigenvalue weighted by atomic mass is 19.3. The van der Waals surface area contributed by atoms with E-state index in [1.807, 2.05) is 13.8 Å². The lowest BCUT2D eigenvalue weighted by Crippen LogP contribution is -2.41. The van der Waals surface area contributed by atoms with Gasteiger partial charge in [0, 0.05) is 68.0 Å². The number of likely N-dealkylation sites (tertiary alicyclic amines) is 1. The van der Waals surface area contributed by atoms with Crippen molar-refractivity contribution in [3.63, 3.8) is 0 Å². The van der Waals surface area contributed by atoms with Crippen LogP contribution in [-0.4, -0.2) is 106 Å². The summed E-state index contributed by atoms with van der Waals surface area (Å²) in [6, 6.07) is 15.9. The maximum absolute atomic E-state index is 14.7. The van der Waals surface area contributed by atoms with Crippen LogP contribution < -0.4 is 15.7 Å². The van der Waals surface area contributed by atoms with Gasteiger partial charge < -0.3 is 35.4 Å². The van der Waals surface area contributed by atoms with E-state index >= 15 is 0 Å². The molecular formula is C44H47F2N7O9. The number of aromatic hydroxyl groups is 2. The number of hydrogen-bond acceptors (Lipinski definition) is 12. The smallest absolute Gasteiger partial charge is 0.348 e. The Bertz CT molecular complexity index is 2520. The van der Waals surface area contributed by atoms with Crippen molar-refractivity contribution in [3.05, 3.63) is 106 Å². The number of ketones is 1. The number of ether oxygens (including phenoxy) is 1. The predicted molar refractivity (Wildman–Crippen MR) is 220 cm³/mol. The van der Waals surface area contributed by atoms with E-state index in [0.29, 0.717) is 60.8 Å². The van der Waals surface area contributed by atoms with Crippen LogP contribution in [0.5, 0.6) is 23.0 Å². The van der Waals surface area contributed by atoms with Crippen LogP contribution in [0.3, 0.4) is 0 Å². The van der Waals surface area contributed by atoms with Gasteiger partial charge in [0.25, 0.3) is 17.7 Å². The van der Waals surface area contributed by atoms with Crippen LogP contribution in [0.1, 0.15) is 84.2 Å². The quantitative estimate of drug-likeness (QED) is 0.108. The molecule has 18 heteroatoms. The molecule has 0 bridgehead atoms. The number of nitrogens with zero attached hydrogens (tertiary/aromatic N) is 6. The first-order valence-corrected chi connectivity index (χ1v) is 20.4. The number of aliphatic hydroxyl groups is 2. The van der Waals surface area contributed by atoms with E-state index in [1.54, 1.807) is 66.4 Å². The summed E-state index contributed by atoms with van der Waals surface area (Å²) in [4.78, 5) is 57.8. The lowest BCUT2D eigenvalue weighted by molar-refractivity contribution is -0.124. The first-order valence-electron chi connectivity index (χ1n) is 20.4. The highest BCUT2D eigenvalue weighted by Gasteiger charge is 2.57. The Morgan fingerprint density at radius 3 is 2.21 bits per heavy atom. The summed E-state index contributed by atoms with van der Waals surface area (Å²) in [6.45, 7) is 5.91. The number of hydrogen-bond donors (Lipinski definition) is 5. The van der Waals surface area contributed by atoms with E-state index in [0.717, 1.165) is 10.8 Å². The maximum atomic E-state index is 14.7. The van der Waals surface area contributed by atoms with Gasteiger partial charge in [0.15, 0.2) is 5.82 Å². The number of carbonyl (C=O) groups is 3. The largest absolute Gasteiger partial charge is 0.508 e. The first kappa shape index (κ1) is 43.6. The Hall–Kier alpha value is -6.53. The molecule has 3 aromatic carbocycles. The highest BCUT2D eigenvalue weighted by Crippen LogP contribution is 2.46. The maximum Gasteiger partial charge on any atom is 0.348 e. The summed E-state index contributed by atoms with van der Waals surface area (Å²) in [6.07, 6.45) is -0.637. The number of Topliss-reactive ketones (excluding diaryl/α,β-unsaturated/α-hetero) is 1. The van der Waals surface area contributed by atoms with E-state index in [4.69, 9.17) is 4.74 Å². The number of aromatic nitrogens is 5. The fourth-order valence-electron chi connectivity index (χ4n) is 8.04. The molecule has 1 saturated heterocycles. The Morgan fingerprint density at radius 2 is 1.61 bits per heavy atom. The summed E-state index contributed by atoms with van der Waals surface area (Å²) in [5.41, 5.74) is 0.940. The average Bonchev–Trinajstić information content (AvgIpc) is 3.79. The van der Waals surface area contributed by atoms with Gasteiger partial charge in [0.2, 0.25) is 5.82 Å². The normalized spacial score (nSPS) is 18.8. The van der Waals surface area contributed by atoms with E-state index in [9.17, 15) is 48.4 Å². The molecule has 3 heterocycles. The van der Waals surface area contributed by atoms with Crippen molar-refractivity contribution in [2.45, 2.75) is 70.4 Å². The van der Waals surface area contributed by atoms with Crippen molar-refractivity contribution in [2.75, 3.05) is 26.2 Å². The Morgan fingerprint density at radius 1 is 0.952 bits per heavy atom. The number of phenols is 2. The number of carbonyl (C=O) groups excluding carboxylic acids is 3. The van der Waals surface area contributed by atoms with E-state index in [1.165, 1.54) is 16.7 Å². The second-order valence-corrected chi connectivity index (χ2v) is 15.9. The minimum atomic E-state index is -3.64. The number of nitrogens with one attached hydrogen (secondary N) is 1. The molecule has 1 saturated carbocycles. The van der Waals surface area contributed by atoms with Gasteiger partial charge in [-0.1, -0.05) is 13.8 Å². The van der Waals surface area contributed by atoms with Crippen molar-refractivity contribution in [1.82, 2.24) is 34.5 Å². The fourth-order valence-corrected chi connectivity index (χ4v) is 8.04. The summed E-state index contributed by atoms with van der Waals surface area (Å²) in [5.74, 6) is -5.28. The topological polar surface area (TPSA) is 222 Å². The van der Waals surface area contributed by atoms with Gasteiger partial charge in [-0.3, -0.25) is 23.5 Å². The lowest BCUT2D eigenvalue weighted by atomic mass is 9.90. The molecule has 2 fully saturated rings. The molecule has 7 rings (SSSR count). The molecule has 0 radical (unpaired) electrons. The van der Waals surface area contributed by atoms with Crippen LogP contribution in [-0.2, 0) is 11.2 Å². The third-order valence-electron chi connectivity index (χ3n) is 11.5. The molecule has 16 nitrogen and oxygen atoms in total. The Balaban J connectivity index is 0.962. The monoisotopic (exact) mass is 855 g/mol. The minimum Gasteiger partial charge on any atom is -0.508 e. The van der Waals surface area contributed by atoms with Gasteiger partial charge in [-0.15, -0.1) is 10.2 Å². The standard InChI is InChI=1S/C44H47F2N7O9/c1-4-47-41(59)40-50-49-39(33-21-32(24(2)3)35(56)22-36(33)57)53(40)29-7-11-31(12-8-29)62-30-9-5-26(6-10-30)42(60)51-16-13-25(14-17-51)34(55)20-28-15-18-52(43(61)48-28)37-19-27(23-54)38(58)44(37,45)46/h5-12,15,18,21-22,24-25,27,37-38,54,56-58H,4,13-14,16-17,19-20,23H2,1-3H3,(H,47,59)/t27-,37-,38-/m1/s1. The predicted octanol–water partition coefficient (Wildman–Crippen LogP) is 4.78. The molecule has 2 aliphatic rings. The SMILES string of the molecule is CCNC(=O)c1nnc(-c2cc(C(C)C)c(O)cc2O)n1-c1ccc(Oc2ccc(C(=O)N3CCC(C(=O)Cc4ccn([C@@H]5C[C@H](CO)[C@@H](O)C5(F)F)c(=O)n4)CC3)cc2)cc1. The van der Waals surface area contributed by atoms with E-state index in [-0.39, 0.29) is 70.8 Å². The molecule has 326 valence electrons. The van der Waals surface area contributed by atoms with E-state index < -0.39 is 42.2 Å². The molecule has 2 amide bonds. The van der Waals surface area contributed by atoms with Gasteiger partial charge in [-0.25, -0.2) is 13.6 Å². The zero-order chi connectivity index (χ0) is 44.5. The number of phenolic OH excluding ortho intramolecular Hbond substituents is 2. The molecule has 1 aliphatic heterocycles. The van der Waals surface area contributed by atoms with Crippen molar-refractivity contribution in [2.24, 2.45) is 11.8 Å². The molecule has 3 atom stereocenters. The Labute approximate surface area is 354 Å². The zero-order valence-electron chi connectivity index (χ0n) is 34.2. The van der Waals surface area contributed by atoms with Gasteiger partial charge in [0.1, 0.15) is 40.9 Å². The van der Waals surface area contributed by atoms with Crippen LogP contribution in [0.25, 0.3) is 17.1 Å². The number of amides is 2. The molecule has 62 heavy (non-hydrogen) atoms. The second kappa shape index (κ2) is 17.8. The van der Waals surface area contributed by atoms with Crippen molar-refractivity contribution < 1.29 is 48.3 Å². The molecule has 5 aromatic rings. The molecule has 0 unspecified atom stereocenters. The number of piperidine rings is 1. The first-order chi connectivity index (χ1) is 29.6. The van der Waals surface area contributed by atoms with Gasteiger partial charge >= 0.3 is 5.69 Å². The van der Waals surface area contributed by atoms with Gasteiger partial charge in [-0.05, 0) is 98.3 Å². The molecule has 5 N–H and O–H groups in total. The number of rotatable bonds is 13. The van der Waals surface area contributed by atoms with Crippen molar-refractivity contribution >= 4 is 17.6 Å². The van der Waals surface area contributed by atoms with Crippen LogP contribution in [0, 0.1) is 11.8 Å². The highest BCUT2D eigenvalue weighted by molar-refractivity contribution is 5.95. The van der Waals surface area contributed by atoms with Crippen LogP contribution in [0.15, 0.2) is 77.7 Å². The van der Waals surface area contributed by atoms with Crippen molar-refractivity contribution in [1.29, 1.82) is 0 Å². The average molecular weight is 856 g/mol. The van der Waals surface area contributed by atoms with Gasteiger partial charge in [-0.2, -0.15) is 4.98 Å². The van der Waals surface area contributed by atoms with Crippen LogP contribution in [0.4, 0.5) is 8.78 Å². The molecule has 1 aliphatic carbocycles. The minimum absolute atomic E-state index is 0.0125.